The number of carbonyl (C=O) groups is 1. The minimum Gasteiger partial charge on any atom is -0.398 e. The van der Waals surface area contributed by atoms with Crippen LogP contribution in [0.2, 0.25) is 0 Å². The number of benzene rings is 3. The zero-order valence-electron chi connectivity index (χ0n) is 19.0. The summed E-state index contributed by atoms with van der Waals surface area (Å²) < 4.78 is 0. The Bertz CT molecular complexity index is 1310. The van der Waals surface area contributed by atoms with E-state index >= 15 is 0 Å². The number of likely N-dealkylation sites (N-methyl/N-ethyl adjacent to an activating group) is 1. The Balaban J connectivity index is 1.88. The van der Waals surface area contributed by atoms with Crippen molar-refractivity contribution in [3.05, 3.63) is 71.3 Å². The third kappa shape index (κ3) is 4.22. The molecule has 0 aliphatic rings. The van der Waals surface area contributed by atoms with Crippen LogP contribution < -0.4 is 16.4 Å². The molecule has 0 aliphatic heterocycles. The lowest BCUT2D eigenvalue weighted by Gasteiger charge is -2.17. The normalized spacial score (nSPS) is 11.3. The number of nitrogen functional groups attached to an aromatic ring is 1. The summed E-state index contributed by atoms with van der Waals surface area (Å²) in [7, 11) is 3.96. The summed E-state index contributed by atoms with van der Waals surface area (Å²) >= 11 is 0. The molecule has 0 fully saturated rings. The predicted octanol–water partition coefficient (Wildman–Crippen LogP) is 4.62. The summed E-state index contributed by atoms with van der Waals surface area (Å²) in [6.07, 6.45) is 0. The second-order valence-corrected chi connectivity index (χ2v) is 8.42. The van der Waals surface area contributed by atoms with E-state index in [-0.39, 0.29) is 5.91 Å². The van der Waals surface area contributed by atoms with E-state index in [9.17, 15) is 4.79 Å². The number of hydrogen-bond donors (Lipinski definition) is 3. The average Bonchev–Trinajstić information content (AvgIpc) is 2.76. The number of aryl methyl sites for hydroxylation is 2. The number of aromatic nitrogens is 1. The highest BCUT2D eigenvalue weighted by Crippen LogP contribution is 2.36. The molecule has 4 N–H and O–H groups in total. The van der Waals surface area contributed by atoms with E-state index < -0.39 is 0 Å². The molecule has 1 heterocycles. The van der Waals surface area contributed by atoms with E-state index in [2.05, 4.69) is 16.7 Å². The van der Waals surface area contributed by atoms with E-state index in [4.69, 9.17) is 10.7 Å². The van der Waals surface area contributed by atoms with Gasteiger partial charge in [-0.05, 0) is 57.3 Å². The second kappa shape index (κ2) is 8.85. The van der Waals surface area contributed by atoms with Gasteiger partial charge in [-0.3, -0.25) is 4.79 Å². The van der Waals surface area contributed by atoms with Crippen molar-refractivity contribution in [3.8, 4) is 0 Å². The summed E-state index contributed by atoms with van der Waals surface area (Å²) in [5.41, 5.74) is 12.9. The number of amides is 1. The summed E-state index contributed by atoms with van der Waals surface area (Å²) in [4.78, 5) is 20.0. The first kappa shape index (κ1) is 21.6. The van der Waals surface area contributed by atoms with E-state index in [1.54, 1.807) is 0 Å². The first-order chi connectivity index (χ1) is 15.3. The number of para-hydroxylation sites is 2. The number of fused-ring (bicyclic) bond motifs is 2. The molecule has 6 nitrogen and oxygen atoms in total. The van der Waals surface area contributed by atoms with Gasteiger partial charge in [-0.25, -0.2) is 4.98 Å². The van der Waals surface area contributed by atoms with Crippen molar-refractivity contribution in [2.45, 2.75) is 13.8 Å². The van der Waals surface area contributed by atoms with Crippen LogP contribution >= 0.6 is 0 Å². The van der Waals surface area contributed by atoms with Crippen molar-refractivity contribution >= 4 is 44.8 Å². The maximum Gasteiger partial charge on any atom is 0.253 e. The Morgan fingerprint density at radius 2 is 1.69 bits per heavy atom. The molecule has 6 heteroatoms. The Hall–Kier alpha value is -3.64. The van der Waals surface area contributed by atoms with Gasteiger partial charge in [-0.15, -0.1) is 0 Å². The zero-order chi connectivity index (χ0) is 22.8. The number of carbonyl (C=O) groups excluding carboxylic acids is 1. The van der Waals surface area contributed by atoms with E-state index in [1.807, 2.05) is 81.4 Å². The van der Waals surface area contributed by atoms with Gasteiger partial charge in [0.25, 0.3) is 5.91 Å². The highest BCUT2D eigenvalue weighted by molar-refractivity contribution is 6.15. The second-order valence-electron chi connectivity index (χ2n) is 8.42. The van der Waals surface area contributed by atoms with Crippen molar-refractivity contribution in [3.63, 3.8) is 0 Å². The fraction of sp³-hybridized carbons (Fsp3) is 0.231. The largest absolute Gasteiger partial charge is 0.398 e. The molecular formula is C26H29N5O. The smallest absolute Gasteiger partial charge is 0.253 e. The average molecular weight is 428 g/mol. The Labute approximate surface area is 188 Å². The quantitative estimate of drug-likeness (QED) is 0.309. The molecule has 0 atom stereocenters. The molecular weight excluding hydrogens is 398 g/mol. The lowest BCUT2D eigenvalue weighted by atomic mass is 10.0. The minimum atomic E-state index is -0.122. The Morgan fingerprint density at radius 1 is 0.969 bits per heavy atom. The molecule has 0 saturated heterocycles. The van der Waals surface area contributed by atoms with E-state index in [1.165, 1.54) is 0 Å². The van der Waals surface area contributed by atoms with Crippen LogP contribution in [0.25, 0.3) is 21.8 Å². The highest BCUT2D eigenvalue weighted by Gasteiger charge is 2.17. The predicted molar refractivity (Wildman–Crippen MR) is 134 cm³/mol. The first-order valence-electron chi connectivity index (χ1n) is 10.7. The molecule has 1 amide bonds. The maximum atomic E-state index is 13.0. The van der Waals surface area contributed by atoms with Crippen LogP contribution in [0.15, 0.2) is 54.6 Å². The van der Waals surface area contributed by atoms with Crippen molar-refractivity contribution < 1.29 is 4.79 Å². The lowest BCUT2D eigenvalue weighted by Crippen LogP contribution is -2.31. The molecule has 0 saturated carbocycles. The fourth-order valence-electron chi connectivity index (χ4n) is 3.80. The summed E-state index contributed by atoms with van der Waals surface area (Å²) in [5, 5.41) is 8.45. The van der Waals surface area contributed by atoms with E-state index in [0.717, 1.165) is 51.0 Å². The molecule has 4 aromatic rings. The molecule has 164 valence electrons. The fourth-order valence-corrected chi connectivity index (χ4v) is 3.80. The third-order valence-corrected chi connectivity index (χ3v) is 5.67. The van der Waals surface area contributed by atoms with Crippen LogP contribution in [0.4, 0.5) is 17.1 Å². The van der Waals surface area contributed by atoms with Crippen molar-refractivity contribution in [2.75, 3.05) is 38.2 Å². The number of hydrogen-bond acceptors (Lipinski definition) is 5. The van der Waals surface area contributed by atoms with Gasteiger partial charge in [-0.1, -0.05) is 36.4 Å². The van der Waals surface area contributed by atoms with Crippen LogP contribution in [0.1, 0.15) is 21.5 Å². The van der Waals surface area contributed by atoms with Crippen LogP contribution in [0, 0.1) is 13.8 Å². The van der Waals surface area contributed by atoms with Gasteiger partial charge < -0.3 is 21.3 Å². The molecule has 0 aliphatic carbocycles. The van der Waals surface area contributed by atoms with Gasteiger partial charge in [0.2, 0.25) is 0 Å². The van der Waals surface area contributed by atoms with E-state index in [0.29, 0.717) is 17.6 Å². The van der Waals surface area contributed by atoms with Gasteiger partial charge in [0.1, 0.15) is 0 Å². The Morgan fingerprint density at radius 3 is 2.41 bits per heavy atom. The van der Waals surface area contributed by atoms with Gasteiger partial charge in [-0.2, -0.15) is 0 Å². The zero-order valence-corrected chi connectivity index (χ0v) is 19.0. The number of rotatable bonds is 6. The van der Waals surface area contributed by atoms with Gasteiger partial charge in [0.05, 0.1) is 22.3 Å². The van der Waals surface area contributed by atoms with Crippen LogP contribution in [-0.2, 0) is 0 Å². The van der Waals surface area contributed by atoms with Gasteiger partial charge >= 0.3 is 0 Å². The summed E-state index contributed by atoms with van der Waals surface area (Å²) in [5.74, 6) is -0.122. The first-order valence-corrected chi connectivity index (χ1v) is 10.7. The number of nitrogens with one attached hydrogen (secondary N) is 2. The molecule has 32 heavy (non-hydrogen) atoms. The van der Waals surface area contributed by atoms with Crippen molar-refractivity contribution in [1.29, 1.82) is 0 Å². The monoisotopic (exact) mass is 427 g/mol. The topological polar surface area (TPSA) is 83.3 Å². The molecule has 0 bridgehead atoms. The summed E-state index contributed by atoms with van der Waals surface area (Å²) in [6, 6.07) is 17.8. The highest BCUT2D eigenvalue weighted by atomic mass is 16.1. The van der Waals surface area contributed by atoms with Crippen LogP contribution in [0.3, 0.4) is 0 Å². The number of anilines is 3. The number of nitrogens with zero attached hydrogens (tertiary/aromatic N) is 2. The SMILES string of the molecule is Cc1ccc(Nc2c3cccc(C)c3nc3c(C(=O)NCCN(C)C)cccc23)cc1N. The summed E-state index contributed by atoms with van der Waals surface area (Å²) in [6.45, 7) is 5.37. The van der Waals surface area contributed by atoms with Crippen LogP contribution in [0.5, 0.6) is 0 Å². The standard InChI is InChI=1S/C26H29N5O/c1-16-11-12-18(15-22(16)27)29-24-19-8-5-7-17(2)23(19)30-25-20(24)9-6-10-21(25)26(32)28-13-14-31(3)4/h5-12,15H,13-14,27H2,1-4H3,(H,28,32)(H,29,30). The molecule has 0 spiro atoms. The molecule has 3 aromatic carbocycles. The maximum absolute atomic E-state index is 13.0. The van der Waals surface area contributed by atoms with Crippen LogP contribution in [-0.4, -0.2) is 43.0 Å². The molecule has 0 radical (unpaired) electrons. The lowest BCUT2D eigenvalue weighted by molar-refractivity contribution is 0.0952. The van der Waals surface area contributed by atoms with Gasteiger partial charge in [0.15, 0.2) is 0 Å². The van der Waals surface area contributed by atoms with Crippen molar-refractivity contribution in [1.82, 2.24) is 15.2 Å². The van der Waals surface area contributed by atoms with Gasteiger partial charge in [0, 0.05) is 35.2 Å². The Kier molecular flexibility index (Phi) is 5.97. The minimum absolute atomic E-state index is 0.122. The number of nitrogens with two attached hydrogens (primary N) is 1. The van der Waals surface area contributed by atoms with Crippen molar-refractivity contribution in [2.24, 2.45) is 0 Å². The molecule has 0 unspecified atom stereocenters. The molecule has 1 aromatic heterocycles. The number of pyridine rings is 1. The molecule has 4 rings (SSSR count). The third-order valence-electron chi connectivity index (χ3n) is 5.67.